The summed E-state index contributed by atoms with van der Waals surface area (Å²) >= 11 is 0. The van der Waals surface area contributed by atoms with Gasteiger partial charge in [0.2, 0.25) is 0 Å². The minimum atomic E-state index is -2.30. The highest BCUT2D eigenvalue weighted by Crippen LogP contribution is 2.30. The average Bonchev–Trinajstić information content (AvgIpc) is 2.78. The first-order valence-electron chi connectivity index (χ1n) is 10.4. The second-order valence-corrected chi connectivity index (χ2v) is 7.85. The number of ether oxygens (including phenoxy) is 1. The summed E-state index contributed by atoms with van der Waals surface area (Å²) in [6.45, 7) is 3.08. The minimum Gasteiger partial charge on any atom is -0.481 e. The van der Waals surface area contributed by atoms with E-state index < -0.39 is 54.3 Å². The zero-order chi connectivity index (χ0) is 25.7. The van der Waals surface area contributed by atoms with Crippen LogP contribution in [-0.4, -0.2) is 58.4 Å². The van der Waals surface area contributed by atoms with Gasteiger partial charge in [0.1, 0.15) is 25.2 Å². The highest BCUT2D eigenvalue weighted by atomic mass is 16.7. The van der Waals surface area contributed by atoms with Gasteiger partial charge >= 0.3 is 24.0 Å². The molecule has 12 nitrogen and oxygen atoms in total. The average molecular weight is 480 g/mol. The number of carbonyl (C=O) groups is 6. The van der Waals surface area contributed by atoms with Crippen LogP contribution in [0.5, 0.6) is 0 Å². The summed E-state index contributed by atoms with van der Waals surface area (Å²) in [7, 11) is 0. The number of aliphatic carboxylic acids is 2. The van der Waals surface area contributed by atoms with Crippen LogP contribution in [0.15, 0.2) is 30.3 Å². The summed E-state index contributed by atoms with van der Waals surface area (Å²) in [6, 6.07) is 6.93. The van der Waals surface area contributed by atoms with Gasteiger partial charge in [-0.05, 0) is 17.9 Å². The second-order valence-electron chi connectivity index (χ2n) is 7.85. The summed E-state index contributed by atoms with van der Waals surface area (Å²) < 4.78 is 5.13. The molecule has 3 atom stereocenters. The van der Waals surface area contributed by atoms with Crippen molar-refractivity contribution < 1.29 is 48.6 Å². The van der Waals surface area contributed by atoms with Crippen molar-refractivity contribution in [2.75, 3.05) is 0 Å². The summed E-state index contributed by atoms with van der Waals surface area (Å²) in [5.74, 6) is -6.59. The molecule has 0 fully saturated rings. The molecule has 0 aliphatic rings. The molecule has 1 aromatic carbocycles. The van der Waals surface area contributed by atoms with E-state index in [1.54, 1.807) is 44.2 Å². The van der Waals surface area contributed by atoms with Gasteiger partial charge in [-0.1, -0.05) is 44.2 Å². The van der Waals surface area contributed by atoms with Crippen molar-refractivity contribution in [3.8, 4) is 0 Å². The maximum absolute atomic E-state index is 13.1. The van der Waals surface area contributed by atoms with E-state index in [2.05, 4.69) is 5.32 Å². The zero-order valence-corrected chi connectivity index (χ0v) is 18.8. The van der Waals surface area contributed by atoms with Crippen LogP contribution in [0.25, 0.3) is 0 Å². The molecule has 34 heavy (non-hydrogen) atoms. The molecule has 0 radical (unpaired) electrons. The number of benzene rings is 1. The van der Waals surface area contributed by atoms with Gasteiger partial charge in [-0.3, -0.25) is 9.59 Å². The molecule has 1 amide bonds. The molecule has 0 unspecified atom stereocenters. The lowest BCUT2D eigenvalue weighted by atomic mass is 9.76. The molecule has 1 rings (SSSR count). The zero-order valence-electron chi connectivity index (χ0n) is 18.8. The highest BCUT2D eigenvalue weighted by Gasteiger charge is 2.53. The van der Waals surface area contributed by atoms with Crippen molar-refractivity contribution in [3.05, 3.63) is 35.9 Å². The molecular formula is C22H28N2O10. The Morgan fingerprint density at radius 1 is 1.00 bits per heavy atom. The molecule has 0 aliphatic carbocycles. The Bertz CT molecular complexity index is 874. The normalized spacial score (nSPS) is 14.2. The number of rotatable bonds is 15. The third kappa shape index (κ3) is 8.28. The van der Waals surface area contributed by atoms with Gasteiger partial charge in [-0.2, -0.15) is 0 Å². The number of hydroxylamine groups is 1. The fraction of sp³-hybridized carbons (Fsp3) is 0.455. The number of nitrogens with one attached hydrogen (secondary N) is 2. The Labute approximate surface area is 195 Å². The maximum Gasteiger partial charge on any atom is 0.408 e. The molecule has 0 saturated heterocycles. The number of alkyl carbamates (subject to hydrolysis) is 1. The Morgan fingerprint density at radius 3 is 2.12 bits per heavy atom. The molecule has 4 N–H and O–H groups in total. The van der Waals surface area contributed by atoms with Crippen LogP contribution in [0.1, 0.15) is 38.7 Å². The number of hydrogen-bond acceptors (Lipinski definition) is 9. The van der Waals surface area contributed by atoms with Crippen molar-refractivity contribution in [1.82, 2.24) is 10.8 Å². The van der Waals surface area contributed by atoms with E-state index in [1.165, 1.54) is 0 Å². The van der Waals surface area contributed by atoms with Gasteiger partial charge in [0.05, 0.1) is 5.92 Å². The molecular weight excluding hydrogens is 452 g/mol. The minimum absolute atomic E-state index is 0.191. The predicted molar refractivity (Wildman–Crippen MR) is 115 cm³/mol. The van der Waals surface area contributed by atoms with Crippen LogP contribution in [0.4, 0.5) is 4.79 Å². The van der Waals surface area contributed by atoms with Gasteiger partial charge in [-0.25, -0.2) is 9.59 Å². The molecule has 186 valence electrons. The number of carboxylic acids is 2. The van der Waals surface area contributed by atoms with Crippen LogP contribution in [0.2, 0.25) is 0 Å². The lowest BCUT2D eigenvalue weighted by Crippen LogP contribution is -2.63. The number of carbonyl (C=O) groups excluding carboxylic acids is 4. The molecule has 1 aromatic rings. The van der Waals surface area contributed by atoms with Crippen LogP contribution in [0, 0.1) is 11.8 Å². The lowest BCUT2D eigenvalue weighted by molar-refractivity contribution is -0.172. The first kappa shape index (κ1) is 28.2. The third-order valence-electron chi connectivity index (χ3n) is 4.78. The topological polar surface area (TPSA) is 185 Å². The maximum atomic E-state index is 13.1. The quantitative estimate of drug-likeness (QED) is 0.208. The molecule has 0 aromatic heterocycles. The van der Waals surface area contributed by atoms with E-state index in [-0.39, 0.29) is 31.5 Å². The van der Waals surface area contributed by atoms with Crippen molar-refractivity contribution in [1.29, 1.82) is 0 Å². The van der Waals surface area contributed by atoms with Gasteiger partial charge in [0.15, 0.2) is 5.54 Å². The van der Waals surface area contributed by atoms with Gasteiger partial charge in [-0.15, -0.1) is 5.48 Å². The van der Waals surface area contributed by atoms with Crippen LogP contribution in [-0.2, 0) is 40.2 Å². The second kappa shape index (κ2) is 13.7. The molecule has 0 bridgehead atoms. The monoisotopic (exact) mass is 480 g/mol. The fourth-order valence-electron chi connectivity index (χ4n) is 3.26. The Hall–Kier alpha value is -3.80. The predicted octanol–water partition coefficient (Wildman–Crippen LogP) is 1.08. The molecule has 0 aliphatic heterocycles. The van der Waals surface area contributed by atoms with Crippen molar-refractivity contribution in [3.63, 3.8) is 0 Å². The molecule has 0 saturated carbocycles. The van der Waals surface area contributed by atoms with E-state index in [9.17, 15) is 33.9 Å². The van der Waals surface area contributed by atoms with Crippen molar-refractivity contribution in [2.24, 2.45) is 11.8 Å². The standard InChI is InChI=1S/C22H28N2O10/c1-14(2)12-22(16(8-10-25)18(27)28,20(31)34-24-17(9-11-26)19(29)30)23-21(32)33-13-15-6-4-3-5-7-15/h3-7,10-11,14,16-17,24H,8-9,12-13H2,1-2H3,(H,23,32)(H,27,28)(H,29,30)/t16-,17+,22+/m1/s1. The van der Waals surface area contributed by atoms with E-state index in [4.69, 9.17) is 14.7 Å². The van der Waals surface area contributed by atoms with Crippen LogP contribution in [0.3, 0.4) is 0 Å². The van der Waals surface area contributed by atoms with E-state index >= 15 is 0 Å². The fourth-order valence-corrected chi connectivity index (χ4v) is 3.26. The van der Waals surface area contributed by atoms with Crippen LogP contribution >= 0.6 is 0 Å². The van der Waals surface area contributed by atoms with Crippen molar-refractivity contribution in [2.45, 2.75) is 51.3 Å². The first-order chi connectivity index (χ1) is 16.1. The smallest absolute Gasteiger partial charge is 0.408 e. The lowest BCUT2D eigenvalue weighted by Gasteiger charge is -2.37. The summed E-state index contributed by atoms with van der Waals surface area (Å²) in [4.78, 5) is 75.8. The number of amides is 1. The van der Waals surface area contributed by atoms with E-state index in [0.717, 1.165) is 0 Å². The molecule has 0 spiro atoms. The van der Waals surface area contributed by atoms with Gasteiger partial charge < -0.3 is 34.7 Å². The Balaban J connectivity index is 3.28. The SMILES string of the molecule is CC(C)C[C@@](NC(=O)OCc1ccccc1)(C(=O)ON[C@@H](CC=O)C(=O)O)[C@H](CC=O)C(=O)O. The Kier molecular flexibility index (Phi) is 11.4. The summed E-state index contributed by atoms with van der Waals surface area (Å²) in [5, 5.41) is 21.1. The molecule has 12 heteroatoms. The summed E-state index contributed by atoms with van der Waals surface area (Å²) in [5.41, 5.74) is 0.234. The third-order valence-corrected chi connectivity index (χ3v) is 4.78. The summed E-state index contributed by atoms with van der Waals surface area (Å²) in [6.07, 6.45) is -2.09. The highest BCUT2D eigenvalue weighted by molar-refractivity contribution is 5.92. The Morgan fingerprint density at radius 2 is 1.62 bits per heavy atom. The molecule has 0 heterocycles. The van der Waals surface area contributed by atoms with E-state index in [1.807, 2.05) is 5.48 Å². The van der Waals surface area contributed by atoms with Crippen molar-refractivity contribution >= 4 is 36.6 Å². The van der Waals surface area contributed by atoms with Gasteiger partial charge in [0, 0.05) is 12.8 Å². The first-order valence-corrected chi connectivity index (χ1v) is 10.4. The largest absolute Gasteiger partial charge is 0.481 e. The van der Waals surface area contributed by atoms with Crippen LogP contribution < -0.4 is 10.8 Å². The number of hydrogen-bond donors (Lipinski definition) is 4. The number of aldehydes is 2. The van der Waals surface area contributed by atoms with Gasteiger partial charge in [0.25, 0.3) is 0 Å². The number of carboxylic acid groups (broad SMARTS) is 2. The van der Waals surface area contributed by atoms with E-state index in [0.29, 0.717) is 5.56 Å².